The lowest BCUT2D eigenvalue weighted by molar-refractivity contribution is 0.143. The van der Waals surface area contributed by atoms with E-state index in [9.17, 15) is 0 Å². The van der Waals surface area contributed by atoms with Crippen LogP contribution in [-0.2, 0) is 0 Å². The third-order valence-electron chi connectivity index (χ3n) is 4.21. The van der Waals surface area contributed by atoms with Gasteiger partial charge in [-0.05, 0) is 57.7 Å². The Hall–Kier alpha value is -0.0800. The lowest BCUT2D eigenvalue weighted by Gasteiger charge is -2.36. The summed E-state index contributed by atoms with van der Waals surface area (Å²) in [5.74, 6) is 0.974. The van der Waals surface area contributed by atoms with Crippen molar-refractivity contribution in [1.29, 1.82) is 0 Å². The Morgan fingerprint density at radius 2 is 1.87 bits per heavy atom. The van der Waals surface area contributed by atoms with E-state index >= 15 is 0 Å². The molecule has 2 atom stereocenters. The average Bonchev–Trinajstić information content (AvgIpc) is 2.67. The Balaban J connectivity index is 1.73. The number of hydrogen-bond acceptors (Lipinski definition) is 2. The molecule has 1 saturated carbocycles. The van der Waals surface area contributed by atoms with Gasteiger partial charge in [-0.25, -0.2) is 0 Å². The number of hydrogen-bond donors (Lipinski definition) is 1. The summed E-state index contributed by atoms with van der Waals surface area (Å²) in [6.07, 6.45) is 7.08. The molecule has 0 aromatic rings. The van der Waals surface area contributed by atoms with Gasteiger partial charge < -0.3 is 10.2 Å². The zero-order valence-electron chi connectivity index (χ0n) is 10.3. The summed E-state index contributed by atoms with van der Waals surface area (Å²) in [5.41, 5.74) is 0. The van der Waals surface area contributed by atoms with Crippen molar-refractivity contribution in [3.63, 3.8) is 0 Å². The van der Waals surface area contributed by atoms with E-state index in [4.69, 9.17) is 0 Å². The van der Waals surface area contributed by atoms with Crippen LogP contribution in [0.2, 0.25) is 0 Å². The maximum absolute atomic E-state index is 3.58. The fourth-order valence-electron chi connectivity index (χ4n) is 3.27. The first-order valence-electron chi connectivity index (χ1n) is 6.77. The van der Waals surface area contributed by atoms with Gasteiger partial charge in [0.15, 0.2) is 0 Å². The summed E-state index contributed by atoms with van der Waals surface area (Å²) in [6, 6.07) is 1.72. The minimum absolute atomic E-state index is 0.796. The molecule has 2 rings (SSSR count). The SMILES string of the molecule is CCNC1CCN(C2CCC(C)C2)CC1. The van der Waals surface area contributed by atoms with E-state index in [1.165, 1.54) is 45.2 Å². The monoisotopic (exact) mass is 210 g/mol. The smallest absolute Gasteiger partial charge is 0.00979 e. The number of nitrogens with one attached hydrogen (secondary N) is 1. The molecule has 0 aromatic heterocycles. The van der Waals surface area contributed by atoms with Gasteiger partial charge in [-0.2, -0.15) is 0 Å². The molecule has 2 aliphatic rings. The van der Waals surface area contributed by atoms with Crippen LogP contribution in [0.15, 0.2) is 0 Å². The quantitative estimate of drug-likeness (QED) is 0.768. The number of piperidine rings is 1. The van der Waals surface area contributed by atoms with Gasteiger partial charge in [-0.3, -0.25) is 0 Å². The second kappa shape index (κ2) is 5.31. The number of likely N-dealkylation sites (tertiary alicyclic amines) is 1. The van der Waals surface area contributed by atoms with Crippen LogP contribution < -0.4 is 5.32 Å². The van der Waals surface area contributed by atoms with E-state index in [0.29, 0.717) is 0 Å². The minimum Gasteiger partial charge on any atom is -0.314 e. The number of nitrogens with zero attached hydrogens (tertiary/aromatic N) is 1. The van der Waals surface area contributed by atoms with E-state index in [-0.39, 0.29) is 0 Å². The summed E-state index contributed by atoms with van der Waals surface area (Å²) in [5, 5.41) is 3.58. The molecule has 2 nitrogen and oxygen atoms in total. The maximum atomic E-state index is 3.58. The largest absolute Gasteiger partial charge is 0.314 e. The lowest BCUT2D eigenvalue weighted by Crippen LogP contribution is -2.45. The van der Waals surface area contributed by atoms with Crippen LogP contribution in [0.4, 0.5) is 0 Å². The van der Waals surface area contributed by atoms with E-state index < -0.39 is 0 Å². The standard InChI is InChI=1S/C13H26N2/c1-3-14-12-6-8-15(9-7-12)13-5-4-11(2)10-13/h11-14H,3-10H2,1-2H3. The van der Waals surface area contributed by atoms with Crippen molar-refractivity contribution >= 4 is 0 Å². The summed E-state index contributed by atoms with van der Waals surface area (Å²) < 4.78 is 0. The minimum atomic E-state index is 0.796. The Labute approximate surface area is 94.4 Å². The van der Waals surface area contributed by atoms with E-state index in [2.05, 4.69) is 24.1 Å². The molecule has 1 heterocycles. The predicted octanol–water partition coefficient (Wildman–Crippen LogP) is 2.25. The molecule has 0 bridgehead atoms. The fraction of sp³-hybridized carbons (Fsp3) is 1.00. The normalized spacial score (nSPS) is 34.8. The molecule has 1 aliphatic heterocycles. The third-order valence-corrected chi connectivity index (χ3v) is 4.21. The first-order valence-corrected chi connectivity index (χ1v) is 6.77. The fourth-order valence-corrected chi connectivity index (χ4v) is 3.27. The molecular weight excluding hydrogens is 184 g/mol. The first-order chi connectivity index (χ1) is 7.29. The molecule has 2 heteroatoms. The number of rotatable bonds is 3. The van der Waals surface area contributed by atoms with Crippen molar-refractivity contribution < 1.29 is 0 Å². The molecule has 0 amide bonds. The van der Waals surface area contributed by atoms with Gasteiger partial charge in [0.2, 0.25) is 0 Å². The van der Waals surface area contributed by atoms with Crippen LogP contribution in [-0.4, -0.2) is 36.6 Å². The summed E-state index contributed by atoms with van der Waals surface area (Å²) in [4.78, 5) is 2.75. The summed E-state index contributed by atoms with van der Waals surface area (Å²) in [6.45, 7) is 8.41. The molecule has 88 valence electrons. The topological polar surface area (TPSA) is 15.3 Å². The molecule has 1 saturated heterocycles. The van der Waals surface area contributed by atoms with Gasteiger partial charge >= 0.3 is 0 Å². The van der Waals surface area contributed by atoms with Crippen LogP contribution in [0.3, 0.4) is 0 Å². The Kier molecular flexibility index (Phi) is 4.04. The molecule has 1 aliphatic carbocycles. The molecule has 0 radical (unpaired) electrons. The van der Waals surface area contributed by atoms with Gasteiger partial charge in [-0.15, -0.1) is 0 Å². The summed E-state index contributed by atoms with van der Waals surface area (Å²) in [7, 11) is 0. The molecule has 0 aromatic carbocycles. The second-order valence-corrected chi connectivity index (χ2v) is 5.44. The Morgan fingerprint density at radius 1 is 1.13 bits per heavy atom. The predicted molar refractivity (Wildman–Crippen MR) is 65.1 cm³/mol. The second-order valence-electron chi connectivity index (χ2n) is 5.44. The molecule has 0 spiro atoms. The van der Waals surface area contributed by atoms with Crippen LogP contribution in [0, 0.1) is 5.92 Å². The third kappa shape index (κ3) is 2.94. The Morgan fingerprint density at radius 3 is 2.40 bits per heavy atom. The highest BCUT2D eigenvalue weighted by Crippen LogP contribution is 2.30. The Bertz CT molecular complexity index is 185. The highest BCUT2D eigenvalue weighted by Gasteiger charge is 2.29. The molecule has 2 fully saturated rings. The summed E-state index contributed by atoms with van der Waals surface area (Å²) >= 11 is 0. The zero-order chi connectivity index (χ0) is 10.7. The lowest BCUT2D eigenvalue weighted by atomic mass is 10.0. The molecular formula is C13H26N2. The maximum Gasteiger partial charge on any atom is 0.00979 e. The van der Waals surface area contributed by atoms with Crippen LogP contribution in [0.5, 0.6) is 0 Å². The molecule has 1 N–H and O–H groups in total. The van der Waals surface area contributed by atoms with E-state index in [1.54, 1.807) is 0 Å². The van der Waals surface area contributed by atoms with E-state index in [0.717, 1.165) is 24.5 Å². The van der Waals surface area contributed by atoms with Gasteiger partial charge in [0.1, 0.15) is 0 Å². The highest BCUT2D eigenvalue weighted by molar-refractivity contribution is 4.85. The van der Waals surface area contributed by atoms with Crippen LogP contribution in [0.25, 0.3) is 0 Å². The van der Waals surface area contributed by atoms with Crippen molar-refractivity contribution in [2.75, 3.05) is 19.6 Å². The highest BCUT2D eigenvalue weighted by atomic mass is 15.2. The van der Waals surface area contributed by atoms with Gasteiger partial charge in [0, 0.05) is 12.1 Å². The zero-order valence-corrected chi connectivity index (χ0v) is 10.3. The van der Waals surface area contributed by atoms with Crippen molar-refractivity contribution in [2.45, 2.75) is 58.0 Å². The van der Waals surface area contributed by atoms with Crippen LogP contribution in [0.1, 0.15) is 46.0 Å². The average molecular weight is 210 g/mol. The molecule has 2 unspecified atom stereocenters. The van der Waals surface area contributed by atoms with Crippen molar-refractivity contribution in [1.82, 2.24) is 10.2 Å². The van der Waals surface area contributed by atoms with Gasteiger partial charge in [0.05, 0.1) is 0 Å². The van der Waals surface area contributed by atoms with Gasteiger partial charge in [-0.1, -0.05) is 13.8 Å². The first kappa shape index (κ1) is 11.4. The van der Waals surface area contributed by atoms with Crippen molar-refractivity contribution in [3.05, 3.63) is 0 Å². The van der Waals surface area contributed by atoms with E-state index in [1.807, 2.05) is 0 Å². The van der Waals surface area contributed by atoms with Crippen molar-refractivity contribution in [3.8, 4) is 0 Å². The molecule has 15 heavy (non-hydrogen) atoms. The van der Waals surface area contributed by atoms with Crippen molar-refractivity contribution in [2.24, 2.45) is 5.92 Å². The van der Waals surface area contributed by atoms with Crippen LogP contribution >= 0.6 is 0 Å². The van der Waals surface area contributed by atoms with Gasteiger partial charge in [0.25, 0.3) is 0 Å².